The lowest BCUT2D eigenvalue weighted by Gasteiger charge is -2.24. The van der Waals surface area contributed by atoms with Gasteiger partial charge in [-0.15, -0.1) is 0 Å². The summed E-state index contributed by atoms with van der Waals surface area (Å²) in [6, 6.07) is 18.5. The molecule has 2 aromatic carbocycles. The predicted molar refractivity (Wildman–Crippen MR) is 100 cm³/mol. The number of methoxy groups -OCH3 is 1. The van der Waals surface area contributed by atoms with E-state index in [1.54, 1.807) is 7.11 Å². The van der Waals surface area contributed by atoms with E-state index >= 15 is 0 Å². The summed E-state index contributed by atoms with van der Waals surface area (Å²) in [5.74, 6) is 1.81. The molecule has 5 nitrogen and oxygen atoms in total. The van der Waals surface area contributed by atoms with E-state index in [0.717, 1.165) is 23.7 Å². The number of para-hydroxylation sites is 1. The first-order valence-corrected chi connectivity index (χ1v) is 8.88. The molecule has 1 aromatic heterocycles. The van der Waals surface area contributed by atoms with Gasteiger partial charge >= 0.3 is 0 Å². The van der Waals surface area contributed by atoms with Gasteiger partial charge in [-0.05, 0) is 36.2 Å². The van der Waals surface area contributed by atoms with Crippen molar-refractivity contribution in [3.63, 3.8) is 0 Å². The molecule has 0 aliphatic carbocycles. The fourth-order valence-corrected chi connectivity index (χ4v) is 3.71. The standard InChI is InChI=1S/C21H23N3O2/c1-26-19-9-5-6-16(12-19)20-13-18(25)14-23(20)15-21-22-10-11-24(21)17-7-3-2-4-8-17/h2-12,18,20,25H,13-15H2,1H3/t18-,20+/m0/s1. The third-order valence-electron chi connectivity index (χ3n) is 4.96. The van der Waals surface area contributed by atoms with Crippen LogP contribution >= 0.6 is 0 Å². The number of imidazole rings is 1. The molecule has 0 radical (unpaired) electrons. The van der Waals surface area contributed by atoms with Gasteiger partial charge in [-0.25, -0.2) is 4.98 Å². The minimum atomic E-state index is -0.327. The van der Waals surface area contributed by atoms with Gasteiger partial charge in [-0.2, -0.15) is 0 Å². The summed E-state index contributed by atoms with van der Waals surface area (Å²) in [6.07, 6.45) is 4.21. The number of benzene rings is 2. The minimum absolute atomic E-state index is 0.154. The molecule has 0 bridgehead atoms. The Kier molecular flexibility index (Phi) is 4.73. The van der Waals surface area contributed by atoms with Gasteiger partial charge in [0.25, 0.3) is 0 Å². The van der Waals surface area contributed by atoms with Crippen LogP contribution in [0, 0.1) is 0 Å². The lowest BCUT2D eigenvalue weighted by atomic mass is 10.0. The van der Waals surface area contributed by atoms with E-state index in [1.807, 2.05) is 42.7 Å². The lowest BCUT2D eigenvalue weighted by molar-refractivity contribution is 0.171. The third kappa shape index (κ3) is 3.36. The highest BCUT2D eigenvalue weighted by Crippen LogP contribution is 2.34. The number of β-amino-alcohol motifs (C(OH)–C–C–N with tert-alkyl or cyclic N) is 1. The summed E-state index contributed by atoms with van der Waals surface area (Å²) in [7, 11) is 1.68. The number of likely N-dealkylation sites (tertiary alicyclic amines) is 1. The number of hydrogen-bond donors (Lipinski definition) is 1. The van der Waals surface area contributed by atoms with Crippen LogP contribution in [0.15, 0.2) is 67.0 Å². The van der Waals surface area contributed by atoms with Crippen LogP contribution in [0.5, 0.6) is 5.75 Å². The number of ether oxygens (including phenoxy) is 1. The summed E-state index contributed by atoms with van der Waals surface area (Å²) < 4.78 is 7.47. The van der Waals surface area contributed by atoms with Gasteiger partial charge < -0.3 is 14.4 Å². The van der Waals surface area contributed by atoms with Crippen molar-refractivity contribution >= 4 is 0 Å². The molecule has 1 N–H and O–H groups in total. The third-order valence-corrected chi connectivity index (χ3v) is 4.96. The molecule has 1 aliphatic rings. The van der Waals surface area contributed by atoms with Crippen LogP contribution in [-0.2, 0) is 6.54 Å². The van der Waals surface area contributed by atoms with Crippen molar-refractivity contribution in [1.29, 1.82) is 0 Å². The van der Waals surface area contributed by atoms with Crippen molar-refractivity contribution in [3.8, 4) is 11.4 Å². The van der Waals surface area contributed by atoms with Crippen LogP contribution in [0.3, 0.4) is 0 Å². The second-order valence-corrected chi connectivity index (χ2v) is 6.66. The molecule has 5 heteroatoms. The Morgan fingerprint density at radius 3 is 2.81 bits per heavy atom. The summed E-state index contributed by atoms with van der Waals surface area (Å²) in [4.78, 5) is 6.85. The van der Waals surface area contributed by atoms with Gasteiger partial charge in [0, 0.05) is 30.7 Å². The Balaban J connectivity index is 1.60. The maximum Gasteiger partial charge on any atom is 0.127 e. The molecule has 0 amide bonds. The Morgan fingerprint density at radius 2 is 2.00 bits per heavy atom. The number of rotatable bonds is 5. The van der Waals surface area contributed by atoms with Gasteiger partial charge in [0.1, 0.15) is 11.6 Å². The molecular formula is C21H23N3O2. The molecule has 2 atom stereocenters. The highest BCUT2D eigenvalue weighted by molar-refractivity contribution is 5.33. The highest BCUT2D eigenvalue weighted by atomic mass is 16.5. The summed E-state index contributed by atoms with van der Waals surface area (Å²) in [5.41, 5.74) is 2.26. The normalized spacial score (nSPS) is 20.4. The van der Waals surface area contributed by atoms with Crippen molar-refractivity contribution in [2.24, 2.45) is 0 Å². The molecule has 1 fully saturated rings. The van der Waals surface area contributed by atoms with Crippen LogP contribution < -0.4 is 4.74 Å². The van der Waals surface area contributed by atoms with Gasteiger partial charge in [0.2, 0.25) is 0 Å². The zero-order chi connectivity index (χ0) is 17.9. The molecule has 1 aliphatic heterocycles. The molecule has 4 rings (SSSR count). The maximum atomic E-state index is 10.3. The zero-order valence-electron chi connectivity index (χ0n) is 14.8. The lowest BCUT2D eigenvalue weighted by Crippen LogP contribution is -2.26. The molecule has 0 unspecified atom stereocenters. The summed E-state index contributed by atoms with van der Waals surface area (Å²) in [6.45, 7) is 1.32. The largest absolute Gasteiger partial charge is 0.497 e. The van der Waals surface area contributed by atoms with Gasteiger partial charge in [0.15, 0.2) is 0 Å². The molecule has 134 valence electrons. The molecule has 0 spiro atoms. The van der Waals surface area contributed by atoms with Crippen LogP contribution in [-0.4, -0.2) is 39.3 Å². The van der Waals surface area contributed by atoms with Crippen LogP contribution in [0.2, 0.25) is 0 Å². The smallest absolute Gasteiger partial charge is 0.127 e. The predicted octanol–water partition coefficient (Wildman–Crippen LogP) is 3.19. The van der Waals surface area contributed by atoms with E-state index in [9.17, 15) is 5.11 Å². The Hall–Kier alpha value is -2.63. The first-order chi connectivity index (χ1) is 12.7. The fraction of sp³-hybridized carbons (Fsp3) is 0.286. The van der Waals surface area contributed by atoms with E-state index in [4.69, 9.17) is 4.74 Å². The molecule has 2 heterocycles. The van der Waals surface area contributed by atoms with E-state index in [0.29, 0.717) is 13.1 Å². The van der Waals surface area contributed by atoms with Crippen molar-refractivity contribution in [2.75, 3.05) is 13.7 Å². The van der Waals surface area contributed by atoms with Gasteiger partial charge in [0.05, 0.1) is 19.8 Å². The van der Waals surface area contributed by atoms with Crippen molar-refractivity contribution in [2.45, 2.75) is 25.1 Å². The van der Waals surface area contributed by atoms with E-state index < -0.39 is 0 Å². The Bertz CT molecular complexity index is 862. The van der Waals surface area contributed by atoms with Crippen LogP contribution in [0.1, 0.15) is 23.9 Å². The average molecular weight is 349 g/mol. The molecule has 0 saturated carbocycles. The highest BCUT2D eigenvalue weighted by Gasteiger charge is 2.33. The zero-order valence-corrected chi connectivity index (χ0v) is 14.8. The molecule has 1 saturated heterocycles. The monoisotopic (exact) mass is 349 g/mol. The quantitative estimate of drug-likeness (QED) is 0.769. The van der Waals surface area contributed by atoms with Crippen molar-refractivity contribution in [1.82, 2.24) is 14.5 Å². The first kappa shape index (κ1) is 16.8. The summed E-state index contributed by atoms with van der Waals surface area (Å²) >= 11 is 0. The number of aliphatic hydroxyl groups is 1. The number of aliphatic hydroxyl groups excluding tert-OH is 1. The molecular weight excluding hydrogens is 326 g/mol. The fourth-order valence-electron chi connectivity index (χ4n) is 3.71. The van der Waals surface area contributed by atoms with Gasteiger partial charge in [-0.1, -0.05) is 30.3 Å². The van der Waals surface area contributed by atoms with Gasteiger partial charge in [-0.3, -0.25) is 4.90 Å². The maximum absolute atomic E-state index is 10.3. The topological polar surface area (TPSA) is 50.5 Å². The number of aromatic nitrogens is 2. The average Bonchev–Trinajstić information content (AvgIpc) is 3.29. The number of nitrogens with zero attached hydrogens (tertiary/aromatic N) is 3. The van der Waals surface area contributed by atoms with Crippen LogP contribution in [0.25, 0.3) is 5.69 Å². The van der Waals surface area contributed by atoms with E-state index in [-0.39, 0.29) is 12.1 Å². The van der Waals surface area contributed by atoms with Crippen molar-refractivity contribution in [3.05, 3.63) is 78.4 Å². The number of hydrogen-bond acceptors (Lipinski definition) is 4. The Morgan fingerprint density at radius 1 is 1.15 bits per heavy atom. The SMILES string of the molecule is COc1cccc([C@H]2C[C@H](O)CN2Cc2nccn2-c2ccccc2)c1. The van der Waals surface area contributed by atoms with Crippen molar-refractivity contribution < 1.29 is 9.84 Å². The van der Waals surface area contributed by atoms with Crippen LogP contribution in [0.4, 0.5) is 0 Å². The van der Waals surface area contributed by atoms with E-state index in [1.165, 1.54) is 5.56 Å². The minimum Gasteiger partial charge on any atom is -0.497 e. The molecule has 26 heavy (non-hydrogen) atoms. The second-order valence-electron chi connectivity index (χ2n) is 6.66. The Labute approximate surface area is 153 Å². The van der Waals surface area contributed by atoms with E-state index in [2.05, 4.69) is 38.7 Å². The first-order valence-electron chi connectivity index (χ1n) is 8.88. The second kappa shape index (κ2) is 7.32. The molecule has 3 aromatic rings. The summed E-state index contributed by atoms with van der Waals surface area (Å²) in [5, 5.41) is 10.3.